The molecule has 0 radical (unpaired) electrons. The number of aromatic nitrogens is 2. The van der Waals surface area contributed by atoms with Crippen LogP contribution in [0, 0.1) is 0 Å². The number of aliphatic imine (C=N–C) groups is 1. The molecule has 0 fully saturated rings. The molecule has 9 nitrogen and oxygen atoms in total. The van der Waals surface area contributed by atoms with E-state index in [0.717, 1.165) is 42.4 Å². The second-order valence-corrected chi connectivity index (χ2v) is 9.63. The molecule has 0 saturated heterocycles. The molecule has 1 aliphatic heterocycles. The summed E-state index contributed by atoms with van der Waals surface area (Å²) in [6, 6.07) is 14.6. The minimum Gasteiger partial charge on any atom is -0.497 e. The number of amides is 1. The number of nitrogens with zero attached hydrogens (tertiary/aromatic N) is 4. The lowest BCUT2D eigenvalue weighted by molar-refractivity contribution is 0.0517. The normalized spacial score (nSPS) is 13.4. The van der Waals surface area contributed by atoms with E-state index in [1.165, 1.54) is 4.68 Å². The van der Waals surface area contributed by atoms with Gasteiger partial charge in [-0.15, -0.1) is 0 Å². The standard InChI is InChI=1S/C28H32BrN5O4/c1-3-38-28(36)25-23-16-18-33(20-10-8-19(9-11-20)31-24(30)7-5-4-6-17-29)27(35)26(23)34(32-25)21-12-14-22(37-2)15-13-21/h8-15H,3-7,16-18H2,1-2H3,(H2,30,31). The number of benzene rings is 2. The van der Waals surface area contributed by atoms with Crippen LogP contribution >= 0.6 is 15.9 Å². The number of alkyl halides is 1. The predicted octanol–water partition coefficient (Wildman–Crippen LogP) is 5.20. The van der Waals surface area contributed by atoms with Gasteiger partial charge in [-0.3, -0.25) is 4.79 Å². The molecule has 2 aromatic carbocycles. The van der Waals surface area contributed by atoms with E-state index in [0.29, 0.717) is 41.5 Å². The summed E-state index contributed by atoms with van der Waals surface area (Å²) in [4.78, 5) is 32.7. The summed E-state index contributed by atoms with van der Waals surface area (Å²) < 4.78 is 12.0. The summed E-state index contributed by atoms with van der Waals surface area (Å²) in [7, 11) is 1.59. The first-order chi connectivity index (χ1) is 18.5. The number of ether oxygens (including phenoxy) is 2. The molecule has 10 heteroatoms. The van der Waals surface area contributed by atoms with Crippen LogP contribution < -0.4 is 15.4 Å². The van der Waals surface area contributed by atoms with Crippen LogP contribution in [0.15, 0.2) is 53.5 Å². The molecule has 0 unspecified atom stereocenters. The van der Waals surface area contributed by atoms with Crippen LogP contribution in [0.5, 0.6) is 5.75 Å². The van der Waals surface area contributed by atoms with E-state index < -0.39 is 5.97 Å². The van der Waals surface area contributed by atoms with E-state index in [4.69, 9.17) is 15.2 Å². The summed E-state index contributed by atoms with van der Waals surface area (Å²) in [6.45, 7) is 2.37. The van der Waals surface area contributed by atoms with Crippen molar-refractivity contribution in [3.8, 4) is 11.4 Å². The zero-order chi connectivity index (χ0) is 27.1. The van der Waals surface area contributed by atoms with Gasteiger partial charge in [0.05, 0.1) is 30.9 Å². The third-order valence-corrected chi connectivity index (χ3v) is 6.86. The van der Waals surface area contributed by atoms with Gasteiger partial charge >= 0.3 is 5.97 Å². The molecule has 2 heterocycles. The molecule has 0 spiro atoms. The molecule has 200 valence electrons. The minimum atomic E-state index is -0.538. The number of esters is 1. The molecule has 4 rings (SSSR count). The highest BCUT2D eigenvalue weighted by Gasteiger charge is 2.35. The van der Waals surface area contributed by atoms with Gasteiger partial charge in [-0.2, -0.15) is 5.10 Å². The number of halogens is 1. The zero-order valence-electron chi connectivity index (χ0n) is 21.7. The molecule has 0 aliphatic carbocycles. The van der Waals surface area contributed by atoms with Gasteiger partial charge in [0, 0.05) is 29.5 Å². The summed E-state index contributed by atoms with van der Waals surface area (Å²) in [6.07, 6.45) is 4.43. The lowest BCUT2D eigenvalue weighted by Crippen LogP contribution is -2.39. The first-order valence-corrected chi connectivity index (χ1v) is 13.8. The topological polar surface area (TPSA) is 112 Å². The third-order valence-electron chi connectivity index (χ3n) is 6.30. The fourth-order valence-electron chi connectivity index (χ4n) is 4.39. The Bertz CT molecular complexity index is 1300. The first kappa shape index (κ1) is 27.4. The van der Waals surface area contributed by atoms with Gasteiger partial charge in [-0.25, -0.2) is 14.5 Å². The van der Waals surface area contributed by atoms with Crippen LogP contribution in [-0.4, -0.2) is 53.1 Å². The lowest BCUT2D eigenvalue weighted by atomic mass is 10.0. The van der Waals surface area contributed by atoms with Crippen molar-refractivity contribution in [3.05, 3.63) is 65.5 Å². The van der Waals surface area contributed by atoms with Crippen molar-refractivity contribution >= 4 is 45.0 Å². The number of carbonyl (C=O) groups excluding carboxylic acids is 2. The quantitative estimate of drug-likeness (QED) is 0.109. The van der Waals surface area contributed by atoms with Gasteiger partial charge in [-0.1, -0.05) is 22.4 Å². The van der Waals surface area contributed by atoms with Gasteiger partial charge in [0.15, 0.2) is 5.69 Å². The van der Waals surface area contributed by atoms with E-state index in [2.05, 4.69) is 26.0 Å². The van der Waals surface area contributed by atoms with Crippen molar-refractivity contribution in [3.63, 3.8) is 0 Å². The van der Waals surface area contributed by atoms with Crippen LogP contribution in [-0.2, 0) is 11.2 Å². The number of hydrogen-bond acceptors (Lipinski definition) is 6. The van der Waals surface area contributed by atoms with Gasteiger partial charge in [0.25, 0.3) is 5.91 Å². The smallest absolute Gasteiger partial charge is 0.359 e. The number of rotatable bonds is 11. The van der Waals surface area contributed by atoms with Gasteiger partial charge in [0.2, 0.25) is 0 Å². The number of anilines is 1. The Hall–Kier alpha value is -3.66. The highest BCUT2D eigenvalue weighted by molar-refractivity contribution is 9.09. The lowest BCUT2D eigenvalue weighted by Gasteiger charge is -2.27. The van der Waals surface area contributed by atoms with Crippen LogP contribution in [0.25, 0.3) is 5.69 Å². The maximum absolute atomic E-state index is 13.8. The minimum absolute atomic E-state index is 0.168. The molecular weight excluding hydrogens is 550 g/mol. The van der Waals surface area contributed by atoms with Gasteiger partial charge in [0.1, 0.15) is 11.4 Å². The van der Waals surface area contributed by atoms with Crippen molar-refractivity contribution in [1.82, 2.24) is 9.78 Å². The maximum atomic E-state index is 13.8. The van der Waals surface area contributed by atoms with Crippen LogP contribution in [0.1, 0.15) is 59.1 Å². The molecule has 38 heavy (non-hydrogen) atoms. The summed E-state index contributed by atoms with van der Waals surface area (Å²) in [5.74, 6) is 0.494. The van der Waals surface area contributed by atoms with E-state index in [1.807, 2.05) is 24.3 Å². The average Bonchev–Trinajstić information content (AvgIpc) is 3.33. The fourth-order valence-corrected chi connectivity index (χ4v) is 4.78. The Kier molecular flexibility index (Phi) is 9.17. The molecular formula is C28H32BrN5O4. The molecule has 0 atom stereocenters. The van der Waals surface area contributed by atoms with E-state index >= 15 is 0 Å². The van der Waals surface area contributed by atoms with Crippen molar-refractivity contribution < 1.29 is 19.1 Å². The molecule has 1 aromatic heterocycles. The maximum Gasteiger partial charge on any atom is 0.359 e. The largest absolute Gasteiger partial charge is 0.497 e. The van der Waals surface area contributed by atoms with Gasteiger partial charge in [-0.05, 0) is 74.7 Å². The Morgan fingerprint density at radius 3 is 2.45 bits per heavy atom. The van der Waals surface area contributed by atoms with Crippen molar-refractivity contribution in [2.75, 3.05) is 30.5 Å². The number of amidine groups is 1. The van der Waals surface area contributed by atoms with E-state index in [9.17, 15) is 9.59 Å². The number of unbranched alkanes of at least 4 members (excludes halogenated alkanes) is 2. The van der Waals surface area contributed by atoms with Crippen LogP contribution in [0.3, 0.4) is 0 Å². The number of carbonyl (C=O) groups is 2. The van der Waals surface area contributed by atoms with Crippen molar-refractivity contribution in [2.24, 2.45) is 10.7 Å². The zero-order valence-corrected chi connectivity index (χ0v) is 23.2. The third kappa shape index (κ3) is 6.07. The van der Waals surface area contributed by atoms with Crippen LogP contribution in [0.4, 0.5) is 11.4 Å². The van der Waals surface area contributed by atoms with Crippen molar-refractivity contribution in [2.45, 2.75) is 39.0 Å². The molecule has 3 aromatic rings. The summed E-state index contributed by atoms with van der Waals surface area (Å²) in [5.41, 5.74) is 9.32. The molecule has 2 N–H and O–H groups in total. The molecule has 1 amide bonds. The molecule has 0 bridgehead atoms. The van der Waals surface area contributed by atoms with E-state index in [1.54, 1.807) is 43.2 Å². The molecule has 0 saturated carbocycles. The first-order valence-electron chi connectivity index (χ1n) is 12.7. The monoisotopic (exact) mass is 581 g/mol. The highest BCUT2D eigenvalue weighted by atomic mass is 79.9. The second-order valence-electron chi connectivity index (χ2n) is 8.83. The van der Waals surface area contributed by atoms with E-state index in [-0.39, 0.29) is 18.2 Å². The summed E-state index contributed by atoms with van der Waals surface area (Å²) >= 11 is 3.44. The number of nitrogens with two attached hydrogens (primary N) is 1. The fraction of sp³-hybridized carbons (Fsp3) is 0.357. The van der Waals surface area contributed by atoms with Crippen molar-refractivity contribution in [1.29, 1.82) is 0 Å². The molecule has 1 aliphatic rings. The number of fused-ring (bicyclic) bond motifs is 1. The summed E-state index contributed by atoms with van der Waals surface area (Å²) in [5, 5.41) is 5.51. The van der Waals surface area contributed by atoms with Crippen LogP contribution in [0.2, 0.25) is 0 Å². The number of hydrogen-bond donors (Lipinski definition) is 1. The Morgan fingerprint density at radius 1 is 1.08 bits per heavy atom. The average molecular weight is 582 g/mol. The Labute approximate surface area is 230 Å². The number of methoxy groups -OCH3 is 1. The Balaban J connectivity index is 1.61. The second kappa shape index (κ2) is 12.7. The predicted molar refractivity (Wildman–Crippen MR) is 151 cm³/mol. The highest BCUT2D eigenvalue weighted by Crippen LogP contribution is 2.30. The Morgan fingerprint density at radius 2 is 1.79 bits per heavy atom. The SMILES string of the molecule is CCOC(=O)c1nn(-c2ccc(OC)cc2)c2c1CCN(c1ccc(N=C(N)CCCCCBr)cc1)C2=O. The van der Waals surface area contributed by atoms with Gasteiger partial charge < -0.3 is 20.1 Å².